The van der Waals surface area contributed by atoms with Crippen LogP contribution in [0, 0.1) is 11.8 Å². The number of esters is 2. The molecule has 0 N–H and O–H groups in total. The van der Waals surface area contributed by atoms with Gasteiger partial charge in [-0.25, -0.2) is 0 Å². The van der Waals surface area contributed by atoms with E-state index < -0.39 is 12.2 Å². The van der Waals surface area contributed by atoms with Gasteiger partial charge in [0, 0.05) is 19.8 Å². The summed E-state index contributed by atoms with van der Waals surface area (Å²) in [5.74, 6) is -0.521. The number of thiol groups is 1. The lowest BCUT2D eigenvalue weighted by Crippen LogP contribution is -2.51. The Bertz CT molecular complexity index is 320. The lowest BCUT2D eigenvalue weighted by atomic mass is 9.85. The fourth-order valence-electron chi connectivity index (χ4n) is 1.99. The largest absolute Gasteiger partial charge is 0.463 e. The average Bonchev–Trinajstić information content (AvgIpc) is 2.27. The fraction of sp³-hybridized carbons (Fsp3) is 0.833. The van der Waals surface area contributed by atoms with Crippen LogP contribution in [0.3, 0.4) is 0 Å². The van der Waals surface area contributed by atoms with Gasteiger partial charge in [-0.1, -0.05) is 13.8 Å². The maximum Gasteiger partial charge on any atom is 0.303 e. The molecule has 1 aliphatic rings. The number of ether oxygens (including phenoxy) is 3. The predicted octanol–water partition coefficient (Wildman–Crippen LogP) is 1.41. The molecule has 0 spiro atoms. The Kier molecular flexibility index (Phi) is 5.47. The van der Waals surface area contributed by atoms with Crippen LogP contribution in [-0.2, 0) is 23.8 Å². The lowest BCUT2D eigenvalue weighted by Gasteiger charge is -2.42. The molecule has 5 nitrogen and oxygen atoms in total. The SMILES string of the molecule is CC(=O)OCC1OC(S)C(C)C(C)C1OC(C)=O. The Balaban J connectivity index is 2.75. The first-order valence-electron chi connectivity index (χ1n) is 5.97. The van der Waals surface area contributed by atoms with E-state index in [1.807, 2.05) is 13.8 Å². The summed E-state index contributed by atoms with van der Waals surface area (Å²) in [4.78, 5) is 22.0. The molecule has 5 unspecified atom stereocenters. The highest BCUT2D eigenvalue weighted by Crippen LogP contribution is 2.34. The molecule has 104 valence electrons. The topological polar surface area (TPSA) is 61.8 Å². The van der Waals surface area contributed by atoms with E-state index in [1.165, 1.54) is 13.8 Å². The van der Waals surface area contributed by atoms with E-state index in [9.17, 15) is 9.59 Å². The second kappa shape index (κ2) is 6.43. The van der Waals surface area contributed by atoms with Crippen molar-refractivity contribution in [2.45, 2.75) is 45.3 Å². The number of hydrogen-bond donors (Lipinski definition) is 1. The molecule has 0 aromatic carbocycles. The van der Waals surface area contributed by atoms with Crippen molar-refractivity contribution >= 4 is 24.6 Å². The summed E-state index contributed by atoms with van der Waals surface area (Å²) in [6.45, 7) is 6.72. The van der Waals surface area contributed by atoms with Crippen molar-refractivity contribution in [3.8, 4) is 0 Å². The smallest absolute Gasteiger partial charge is 0.303 e. The van der Waals surface area contributed by atoms with Gasteiger partial charge in [0.15, 0.2) is 0 Å². The van der Waals surface area contributed by atoms with Crippen molar-refractivity contribution in [1.82, 2.24) is 0 Å². The predicted molar refractivity (Wildman–Crippen MR) is 68.2 cm³/mol. The first-order chi connectivity index (χ1) is 8.32. The zero-order chi connectivity index (χ0) is 13.9. The molecule has 1 heterocycles. The number of carbonyl (C=O) groups excluding carboxylic acids is 2. The van der Waals surface area contributed by atoms with Gasteiger partial charge in [-0.3, -0.25) is 9.59 Å². The van der Waals surface area contributed by atoms with Gasteiger partial charge in [0.2, 0.25) is 0 Å². The van der Waals surface area contributed by atoms with Crippen LogP contribution in [0.2, 0.25) is 0 Å². The van der Waals surface area contributed by atoms with Gasteiger partial charge in [0.05, 0.1) is 0 Å². The minimum Gasteiger partial charge on any atom is -0.463 e. The van der Waals surface area contributed by atoms with Crippen molar-refractivity contribution in [1.29, 1.82) is 0 Å². The summed E-state index contributed by atoms with van der Waals surface area (Å²) in [6.07, 6.45) is -0.883. The summed E-state index contributed by atoms with van der Waals surface area (Å²) in [7, 11) is 0. The first kappa shape index (κ1) is 15.3. The van der Waals surface area contributed by atoms with Gasteiger partial charge in [0.1, 0.15) is 24.3 Å². The Morgan fingerprint density at radius 3 is 2.28 bits per heavy atom. The Labute approximate surface area is 113 Å². The maximum absolute atomic E-state index is 11.1. The average molecular weight is 276 g/mol. The molecule has 0 aromatic rings. The van der Waals surface area contributed by atoms with Crippen molar-refractivity contribution in [2.24, 2.45) is 11.8 Å². The van der Waals surface area contributed by atoms with E-state index >= 15 is 0 Å². The van der Waals surface area contributed by atoms with Gasteiger partial charge in [-0.15, -0.1) is 12.6 Å². The highest BCUT2D eigenvalue weighted by atomic mass is 32.1. The van der Waals surface area contributed by atoms with Crippen LogP contribution in [0.1, 0.15) is 27.7 Å². The molecule has 0 saturated carbocycles. The molecule has 0 amide bonds. The second-order valence-electron chi connectivity index (χ2n) is 4.66. The van der Waals surface area contributed by atoms with Crippen LogP contribution in [0.5, 0.6) is 0 Å². The van der Waals surface area contributed by atoms with E-state index in [-0.39, 0.29) is 35.8 Å². The lowest BCUT2D eigenvalue weighted by molar-refractivity contribution is -0.191. The molecule has 5 atom stereocenters. The number of carbonyl (C=O) groups is 2. The normalized spacial score (nSPS) is 35.9. The Morgan fingerprint density at radius 1 is 1.17 bits per heavy atom. The van der Waals surface area contributed by atoms with Crippen molar-refractivity contribution in [3.63, 3.8) is 0 Å². The van der Waals surface area contributed by atoms with Crippen LogP contribution < -0.4 is 0 Å². The zero-order valence-corrected chi connectivity index (χ0v) is 12.0. The number of rotatable bonds is 3. The molecule has 0 radical (unpaired) electrons. The molecule has 1 saturated heterocycles. The molecule has 6 heteroatoms. The third-order valence-electron chi connectivity index (χ3n) is 3.23. The monoisotopic (exact) mass is 276 g/mol. The number of hydrogen-bond acceptors (Lipinski definition) is 6. The van der Waals surface area contributed by atoms with Crippen LogP contribution in [0.15, 0.2) is 0 Å². The third-order valence-corrected chi connectivity index (χ3v) is 3.82. The standard InChI is InChI=1S/C12H20O5S/c1-6-7(2)12(18)17-10(5-15-8(3)13)11(6)16-9(4)14/h6-7,10-12,18H,5H2,1-4H3. The van der Waals surface area contributed by atoms with Crippen molar-refractivity contribution < 1.29 is 23.8 Å². The highest BCUT2D eigenvalue weighted by Gasteiger charge is 2.42. The fourth-order valence-corrected chi connectivity index (χ4v) is 2.41. The van der Waals surface area contributed by atoms with Gasteiger partial charge in [-0.2, -0.15) is 0 Å². The molecule has 0 bridgehead atoms. The molecular weight excluding hydrogens is 256 g/mol. The van der Waals surface area contributed by atoms with E-state index in [4.69, 9.17) is 14.2 Å². The summed E-state index contributed by atoms with van der Waals surface area (Å²) < 4.78 is 15.9. The van der Waals surface area contributed by atoms with Crippen LogP contribution in [0.25, 0.3) is 0 Å². The summed E-state index contributed by atoms with van der Waals surface area (Å²) in [5.41, 5.74) is -0.257. The third kappa shape index (κ3) is 3.88. The minimum absolute atomic E-state index is 0.0708. The molecule has 1 aliphatic heterocycles. The van der Waals surface area contributed by atoms with Gasteiger partial charge in [0.25, 0.3) is 0 Å². The molecule has 1 fully saturated rings. The first-order valence-corrected chi connectivity index (χ1v) is 6.48. The van der Waals surface area contributed by atoms with Crippen LogP contribution in [0.4, 0.5) is 0 Å². The summed E-state index contributed by atoms with van der Waals surface area (Å²) in [6, 6.07) is 0. The van der Waals surface area contributed by atoms with Crippen LogP contribution >= 0.6 is 12.6 Å². The molecule has 18 heavy (non-hydrogen) atoms. The Hall–Kier alpha value is -0.750. The van der Waals surface area contributed by atoms with Crippen LogP contribution in [-0.4, -0.2) is 36.2 Å². The molecule has 0 aliphatic carbocycles. The van der Waals surface area contributed by atoms with E-state index in [0.717, 1.165) is 0 Å². The van der Waals surface area contributed by atoms with Crippen molar-refractivity contribution in [3.05, 3.63) is 0 Å². The Morgan fingerprint density at radius 2 is 1.78 bits per heavy atom. The summed E-state index contributed by atoms with van der Waals surface area (Å²) >= 11 is 4.35. The molecule has 0 aromatic heterocycles. The van der Waals surface area contributed by atoms with E-state index in [1.54, 1.807) is 0 Å². The quantitative estimate of drug-likeness (QED) is 0.624. The van der Waals surface area contributed by atoms with Crippen molar-refractivity contribution in [2.75, 3.05) is 6.61 Å². The maximum atomic E-state index is 11.1. The van der Waals surface area contributed by atoms with Gasteiger partial charge < -0.3 is 14.2 Å². The van der Waals surface area contributed by atoms with E-state index in [2.05, 4.69) is 12.6 Å². The molecular formula is C12H20O5S. The summed E-state index contributed by atoms with van der Waals surface area (Å²) in [5, 5.41) is 0. The second-order valence-corrected chi connectivity index (χ2v) is 5.17. The van der Waals surface area contributed by atoms with Gasteiger partial charge >= 0.3 is 11.9 Å². The van der Waals surface area contributed by atoms with Gasteiger partial charge in [-0.05, 0) is 5.92 Å². The highest BCUT2D eigenvalue weighted by molar-refractivity contribution is 7.80. The molecule has 1 rings (SSSR count). The van der Waals surface area contributed by atoms with E-state index in [0.29, 0.717) is 0 Å². The minimum atomic E-state index is -0.466. The zero-order valence-electron chi connectivity index (χ0n) is 11.1.